The molecule has 1 unspecified atom stereocenters. The molecule has 1 N–H and O–H groups in total. The number of hydrogen-bond acceptors (Lipinski definition) is 4. The van der Waals surface area contributed by atoms with Gasteiger partial charge >= 0.3 is 0 Å². The average molecular weight is 417 g/mol. The Hall–Kier alpha value is -2.35. The minimum Gasteiger partial charge on any atom is -0.356 e. The van der Waals surface area contributed by atoms with E-state index >= 15 is 0 Å². The fourth-order valence-electron chi connectivity index (χ4n) is 3.72. The van der Waals surface area contributed by atoms with Crippen LogP contribution in [0.2, 0.25) is 0 Å². The van der Waals surface area contributed by atoms with E-state index < -0.39 is 0 Å². The van der Waals surface area contributed by atoms with Gasteiger partial charge in [-0.3, -0.25) is 14.2 Å². The highest BCUT2D eigenvalue weighted by atomic mass is 32.2. The number of benzene rings is 1. The fraction of sp³-hybridized carbons (Fsp3) is 0.476. The van der Waals surface area contributed by atoms with E-state index in [9.17, 15) is 14.0 Å². The molecule has 1 aliphatic carbocycles. The molecular weight excluding hydrogens is 391 g/mol. The molecule has 8 heteroatoms. The van der Waals surface area contributed by atoms with Crippen molar-refractivity contribution in [1.29, 1.82) is 0 Å². The van der Waals surface area contributed by atoms with Gasteiger partial charge in [0.1, 0.15) is 11.5 Å². The number of nitrogens with one attached hydrogen (secondary N) is 1. The summed E-state index contributed by atoms with van der Waals surface area (Å²) in [5, 5.41) is 3.70. The molecule has 1 aromatic heterocycles. The van der Waals surface area contributed by atoms with Crippen molar-refractivity contribution < 1.29 is 14.0 Å². The summed E-state index contributed by atoms with van der Waals surface area (Å²) in [6, 6.07) is 6.01. The van der Waals surface area contributed by atoms with Gasteiger partial charge in [-0.25, -0.2) is 9.37 Å². The Morgan fingerprint density at radius 3 is 2.69 bits per heavy atom. The van der Waals surface area contributed by atoms with E-state index in [1.807, 2.05) is 6.26 Å². The number of piperidine rings is 1. The third-order valence-corrected chi connectivity index (χ3v) is 6.21. The van der Waals surface area contributed by atoms with Gasteiger partial charge in [0.25, 0.3) is 5.91 Å². The van der Waals surface area contributed by atoms with Gasteiger partial charge in [0.05, 0.1) is 12.1 Å². The number of aromatic nitrogens is 2. The molecule has 2 heterocycles. The molecule has 0 bridgehead atoms. The first-order chi connectivity index (χ1) is 14.1. The van der Waals surface area contributed by atoms with Crippen LogP contribution in [0.15, 0.2) is 35.6 Å². The summed E-state index contributed by atoms with van der Waals surface area (Å²) in [4.78, 5) is 31.9. The summed E-state index contributed by atoms with van der Waals surface area (Å²) in [6.45, 7) is 1.78. The second kappa shape index (κ2) is 8.57. The summed E-state index contributed by atoms with van der Waals surface area (Å²) in [5.74, 6) is 0.0283. The lowest BCUT2D eigenvalue weighted by atomic mass is 9.97. The topological polar surface area (TPSA) is 67.2 Å². The van der Waals surface area contributed by atoms with E-state index in [1.165, 1.54) is 36.7 Å². The zero-order valence-corrected chi connectivity index (χ0v) is 17.3. The highest BCUT2D eigenvalue weighted by Crippen LogP contribution is 2.28. The first-order valence-electron chi connectivity index (χ1n) is 10.0. The van der Waals surface area contributed by atoms with E-state index in [-0.39, 0.29) is 23.5 Å². The Balaban J connectivity index is 1.52. The maximum absolute atomic E-state index is 13.4. The zero-order chi connectivity index (χ0) is 20.4. The number of rotatable bonds is 6. The second-order valence-electron chi connectivity index (χ2n) is 7.72. The largest absolute Gasteiger partial charge is 0.356 e. The molecule has 2 amide bonds. The third kappa shape index (κ3) is 4.47. The number of halogens is 1. The molecule has 1 aliphatic heterocycles. The summed E-state index contributed by atoms with van der Waals surface area (Å²) < 4.78 is 15.1. The number of hydrogen-bond donors (Lipinski definition) is 1. The van der Waals surface area contributed by atoms with Crippen molar-refractivity contribution in [2.45, 2.75) is 30.8 Å². The predicted octanol–water partition coefficient (Wildman–Crippen LogP) is 3.11. The van der Waals surface area contributed by atoms with Crippen LogP contribution in [0, 0.1) is 17.7 Å². The van der Waals surface area contributed by atoms with Crippen molar-refractivity contribution in [3.05, 3.63) is 42.0 Å². The molecule has 154 valence electrons. The summed E-state index contributed by atoms with van der Waals surface area (Å²) >= 11 is 1.42. The van der Waals surface area contributed by atoms with Crippen molar-refractivity contribution in [1.82, 2.24) is 19.8 Å². The number of carbonyl (C=O) groups excluding carboxylic acids is 2. The Bertz CT molecular complexity index is 895. The van der Waals surface area contributed by atoms with Crippen LogP contribution >= 0.6 is 11.8 Å². The van der Waals surface area contributed by atoms with Gasteiger partial charge in [0, 0.05) is 25.3 Å². The predicted molar refractivity (Wildman–Crippen MR) is 110 cm³/mol. The van der Waals surface area contributed by atoms with Crippen LogP contribution in [0.4, 0.5) is 4.39 Å². The van der Waals surface area contributed by atoms with Gasteiger partial charge in [0.2, 0.25) is 5.91 Å². The van der Waals surface area contributed by atoms with Gasteiger partial charge < -0.3 is 10.2 Å². The van der Waals surface area contributed by atoms with Crippen molar-refractivity contribution in [3.63, 3.8) is 0 Å². The van der Waals surface area contributed by atoms with E-state index in [0.717, 1.165) is 19.4 Å². The minimum atomic E-state index is -0.330. The van der Waals surface area contributed by atoms with Crippen LogP contribution in [-0.2, 0) is 4.79 Å². The molecule has 1 aromatic carbocycles. The standard InChI is InChI=1S/C21H25FN4O2S/c1-29-21-24-12-18(26(21)17-8-6-16(22)7-9-17)20(28)25-10-2-3-15(13-25)19(27)23-11-14-4-5-14/h6-9,12,14-15H,2-5,10-11,13H2,1H3,(H,23,27). The highest BCUT2D eigenvalue weighted by Gasteiger charge is 2.32. The van der Waals surface area contributed by atoms with Crippen molar-refractivity contribution >= 4 is 23.6 Å². The Kier molecular flexibility index (Phi) is 5.89. The average Bonchev–Trinajstić information content (AvgIpc) is 3.49. The van der Waals surface area contributed by atoms with Crippen LogP contribution < -0.4 is 5.32 Å². The van der Waals surface area contributed by atoms with Crippen LogP contribution in [0.25, 0.3) is 5.69 Å². The molecule has 2 aromatic rings. The number of amides is 2. The summed E-state index contributed by atoms with van der Waals surface area (Å²) in [7, 11) is 0. The maximum Gasteiger partial charge on any atom is 0.272 e. The molecular formula is C21H25FN4O2S. The van der Waals surface area contributed by atoms with Gasteiger partial charge in [-0.2, -0.15) is 0 Å². The van der Waals surface area contributed by atoms with Gasteiger partial charge in [-0.05, 0) is 62.1 Å². The molecule has 2 aliphatic rings. The van der Waals surface area contributed by atoms with E-state index in [2.05, 4.69) is 10.3 Å². The fourth-order valence-corrected chi connectivity index (χ4v) is 4.26. The van der Waals surface area contributed by atoms with E-state index in [4.69, 9.17) is 0 Å². The quantitative estimate of drug-likeness (QED) is 0.735. The lowest BCUT2D eigenvalue weighted by Gasteiger charge is -2.32. The van der Waals surface area contributed by atoms with Gasteiger partial charge in [-0.1, -0.05) is 11.8 Å². The SMILES string of the molecule is CSc1ncc(C(=O)N2CCCC(C(=O)NCC3CC3)C2)n1-c1ccc(F)cc1. The molecule has 0 spiro atoms. The summed E-state index contributed by atoms with van der Waals surface area (Å²) in [5.41, 5.74) is 1.12. The monoisotopic (exact) mass is 416 g/mol. The molecule has 6 nitrogen and oxygen atoms in total. The molecule has 1 atom stereocenters. The van der Waals surface area contributed by atoms with Crippen molar-refractivity contribution in [3.8, 4) is 5.69 Å². The first-order valence-corrected chi connectivity index (χ1v) is 11.2. The minimum absolute atomic E-state index is 0.0474. The number of thioether (sulfide) groups is 1. The Morgan fingerprint density at radius 2 is 2.00 bits per heavy atom. The molecule has 1 saturated carbocycles. The number of likely N-dealkylation sites (tertiary alicyclic amines) is 1. The lowest BCUT2D eigenvalue weighted by Crippen LogP contribution is -2.46. The normalized spacial score (nSPS) is 19.2. The maximum atomic E-state index is 13.4. The van der Waals surface area contributed by atoms with Crippen LogP contribution in [0.3, 0.4) is 0 Å². The first kappa shape index (κ1) is 19.9. The van der Waals surface area contributed by atoms with Gasteiger partial charge in [-0.15, -0.1) is 0 Å². The smallest absolute Gasteiger partial charge is 0.272 e. The van der Waals surface area contributed by atoms with Crippen LogP contribution in [0.1, 0.15) is 36.2 Å². The number of imidazole rings is 1. The van der Waals surface area contributed by atoms with Gasteiger partial charge in [0.15, 0.2) is 5.16 Å². The number of nitrogens with zero attached hydrogens (tertiary/aromatic N) is 3. The Morgan fingerprint density at radius 1 is 1.24 bits per heavy atom. The highest BCUT2D eigenvalue weighted by molar-refractivity contribution is 7.98. The zero-order valence-electron chi connectivity index (χ0n) is 16.4. The molecule has 4 rings (SSSR count). The molecule has 1 saturated heterocycles. The number of carbonyl (C=O) groups is 2. The summed E-state index contributed by atoms with van der Waals surface area (Å²) in [6.07, 6.45) is 7.44. The van der Waals surface area contributed by atoms with Crippen LogP contribution in [-0.4, -0.2) is 52.2 Å². The van der Waals surface area contributed by atoms with E-state index in [0.29, 0.717) is 35.5 Å². The van der Waals surface area contributed by atoms with Crippen molar-refractivity contribution in [2.24, 2.45) is 11.8 Å². The third-order valence-electron chi connectivity index (χ3n) is 5.56. The van der Waals surface area contributed by atoms with Crippen molar-refractivity contribution in [2.75, 3.05) is 25.9 Å². The molecule has 2 fully saturated rings. The Labute approximate surface area is 173 Å². The second-order valence-corrected chi connectivity index (χ2v) is 8.49. The lowest BCUT2D eigenvalue weighted by molar-refractivity contribution is -0.126. The molecule has 29 heavy (non-hydrogen) atoms. The van der Waals surface area contributed by atoms with Crippen LogP contribution in [0.5, 0.6) is 0 Å². The molecule has 0 radical (unpaired) electrons. The van der Waals surface area contributed by atoms with E-state index in [1.54, 1.807) is 27.8 Å².